The molecule has 1 atom stereocenters. The zero-order valence-corrected chi connectivity index (χ0v) is 10.7. The molecule has 0 heterocycles. The molecule has 0 aliphatic heterocycles. The lowest BCUT2D eigenvalue weighted by Gasteiger charge is -2.14. The van der Waals surface area contributed by atoms with Crippen LogP contribution in [0.25, 0.3) is 0 Å². The highest BCUT2D eigenvalue weighted by molar-refractivity contribution is 5.79. The molecule has 0 radical (unpaired) electrons. The lowest BCUT2D eigenvalue weighted by Crippen LogP contribution is -2.22. The Morgan fingerprint density at radius 3 is 2.58 bits per heavy atom. The van der Waals surface area contributed by atoms with Crippen LogP contribution < -0.4 is 4.74 Å². The fourth-order valence-electron chi connectivity index (χ4n) is 1.77. The van der Waals surface area contributed by atoms with Gasteiger partial charge in [0, 0.05) is 6.07 Å². The lowest BCUT2D eigenvalue weighted by atomic mass is 9.95. The van der Waals surface area contributed by atoms with Crippen molar-refractivity contribution in [2.24, 2.45) is 5.92 Å². The van der Waals surface area contributed by atoms with Gasteiger partial charge in [-0.2, -0.15) is 0 Å². The lowest BCUT2D eigenvalue weighted by molar-refractivity contribution is -0.150. The van der Waals surface area contributed by atoms with Crippen LogP contribution in [0.2, 0.25) is 0 Å². The largest absolute Gasteiger partial charge is 0.496 e. The number of carbonyl (C=O) groups is 2. The van der Waals surface area contributed by atoms with Gasteiger partial charge in [0.1, 0.15) is 11.6 Å². The number of halogens is 1. The molecule has 0 saturated heterocycles. The van der Waals surface area contributed by atoms with Crippen molar-refractivity contribution in [1.82, 2.24) is 0 Å². The van der Waals surface area contributed by atoms with E-state index in [0.29, 0.717) is 5.56 Å². The van der Waals surface area contributed by atoms with Crippen molar-refractivity contribution in [1.29, 1.82) is 0 Å². The maximum atomic E-state index is 13.0. The summed E-state index contributed by atoms with van der Waals surface area (Å²) >= 11 is 0. The van der Waals surface area contributed by atoms with Crippen LogP contribution in [0.5, 0.6) is 5.75 Å². The van der Waals surface area contributed by atoms with Crippen LogP contribution in [-0.4, -0.2) is 31.3 Å². The van der Waals surface area contributed by atoms with Gasteiger partial charge in [0.05, 0.1) is 26.6 Å². The summed E-state index contributed by atoms with van der Waals surface area (Å²) in [5.74, 6) is -2.74. The van der Waals surface area contributed by atoms with Crippen molar-refractivity contribution < 1.29 is 28.6 Å². The van der Waals surface area contributed by atoms with Crippen molar-refractivity contribution in [3.05, 3.63) is 29.6 Å². The Hall–Kier alpha value is -2.11. The summed E-state index contributed by atoms with van der Waals surface area (Å²) in [6.07, 6.45) is -0.240. The van der Waals surface area contributed by atoms with Gasteiger partial charge in [0.2, 0.25) is 0 Å². The van der Waals surface area contributed by atoms with E-state index in [1.807, 2.05) is 0 Å². The summed E-state index contributed by atoms with van der Waals surface area (Å²) in [5, 5.41) is 8.78. The van der Waals surface area contributed by atoms with Crippen molar-refractivity contribution in [2.75, 3.05) is 14.2 Å². The van der Waals surface area contributed by atoms with Crippen LogP contribution in [0.1, 0.15) is 12.0 Å². The van der Waals surface area contributed by atoms with Gasteiger partial charge in [-0.1, -0.05) is 6.07 Å². The summed E-state index contributed by atoms with van der Waals surface area (Å²) in [4.78, 5) is 22.2. The Bertz CT molecular complexity index is 472. The van der Waals surface area contributed by atoms with E-state index in [2.05, 4.69) is 4.74 Å². The Morgan fingerprint density at radius 1 is 1.37 bits per heavy atom. The summed E-state index contributed by atoms with van der Waals surface area (Å²) in [6.45, 7) is 0. The van der Waals surface area contributed by atoms with Gasteiger partial charge < -0.3 is 14.6 Å². The third-order valence-corrected chi connectivity index (χ3v) is 2.67. The fraction of sp³-hybridized carbons (Fsp3) is 0.385. The molecule has 1 aromatic rings. The van der Waals surface area contributed by atoms with Gasteiger partial charge in [0.15, 0.2) is 0 Å². The molecule has 1 aromatic carbocycles. The van der Waals surface area contributed by atoms with Gasteiger partial charge >= 0.3 is 11.9 Å². The standard InChI is InChI=1S/C13H15FO5/c1-18-11-7-10(14)4-3-8(11)5-9(6-12(15)16)13(17)19-2/h3-4,7,9H,5-6H2,1-2H3,(H,15,16). The van der Waals surface area contributed by atoms with Crippen LogP contribution in [0.3, 0.4) is 0 Å². The second-order valence-corrected chi connectivity index (χ2v) is 3.98. The van der Waals surface area contributed by atoms with Gasteiger partial charge in [-0.05, 0) is 18.1 Å². The van der Waals surface area contributed by atoms with Crippen molar-refractivity contribution >= 4 is 11.9 Å². The Kier molecular flexibility index (Phi) is 5.29. The predicted octanol–water partition coefficient (Wildman–Crippen LogP) is 1.64. The van der Waals surface area contributed by atoms with E-state index in [-0.39, 0.29) is 18.6 Å². The first-order valence-electron chi connectivity index (χ1n) is 5.60. The van der Waals surface area contributed by atoms with E-state index < -0.39 is 23.7 Å². The number of carboxylic acid groups (broad SMARTS) is 1. The van der Waals surface area contributed by atoms with E-state index in [0.717, 1.165) is 0 Å². The van der Waals surface area contributed by atoms with Gasteiger partial charge in [0.25, 0.3) is 0 Å². The Balaban J connectivity index is 2.95. The molecule has 1 N–H and O–H groups in total. The minimum Gasteiger partial charge on any atom is -0.496 e. The van der Waals surface area contributed by atoms with Crippen LogP contribution in [0.15, 0.2) is 18.2 Å². The monoisotopic (exact) mass is 270 g/mol. The first-order valence-corrected chi connectivity index (χ1v) is 5.60. The second-order valence-electron chi connectivity index (χ2n) is 3.98. The Labute approximate surface area is 109 Å². The zero-order valence-electron chi connectivity index (χ0n) is 10.7. The Morgan fingerprint density at radius 2 is 2.05 bits per heavy atom. The average molecular weight is 270 g/mol. The van der Waals surface area contributed by atoms with Crippen molar-refractivity contribution in [3.63, 3.8) is 0 Å². The number of ether oxygens (including phenoxy) is 2. The van der Waals surface area contributed by atoms with Crippen LogP contribution in [0.4, 0.5) is 4.39 Å². The summed E-state index contributed by atoms with van der Waals surface area (Å²) in [7, 11) is 2.57. The number of hydrogen-bond acceptors (Lipinski definition) is 4. The van der Waals surface area contributed by atoms with E-state index in [4.69, 9.17) is 9.84 Å². The molecule has 5 nitrogen and oxygen atoms in total. The SMILES string of the molecule is COC(=O)C(CC(=O)O)Cc1ccc(F)cc1OC. The molecule has 0 aliphatic rings. The maximum absolute atomic E-state index is 13.0. The number of carboxylic acids is 1. The smallest absolute Gasteiger partial charge is 0.309 e. The minimum absolute atomic E-state index is 0.114. The van der Waals surface area contributed by atoms with Crippen LogP contribution >= 0.6 is 0 Å². The fourth-order valence-corrected chi connectivity index (χ4v) is 1.77. The van der Waals surface area contributed by atoms with E-state index in [9.17, 15) is 14.0 Å². The first-order chi connectivity index (χ1) is 8.97. The number of esters is 1. The number of rotatable bonds is 6. The van der Waals surface area contributed by atoms with E-state index in [1.54, 1.807) is 0 Å². The van der Waals surface area contributed by atoms with Crippen LogP contribution in [-0.2, 0) is 20.7 Å². The molecule has 0 saturated carbocycles. The maximum Gasteiger partial charge on any atom is 0.309 e. The number of aliphatic carboxylic acids is 1. The zero-order chi connectivity index (χ0) is 14.4. The molecule has 0 aliphatic carbocycles. The van der Waals surface area contributed by atoms with Gasteiger partial charge in [-0.3, -0.25) is 9.59 Å². The molecule has 1 rings (SSSR count). The third-order valence-electron chi connectivity index (χ3n) is 2.67. The highest BCUT2D eigenvalue weighted by atomic mass is 19.1. The molecular weight excluding hydrogens is 255 g/mol. The molecule has 0 amide bonds. The average Bonchev–Trinajstić information content (AvgIpc) is 2.38. The topological polar surface area (TPSA) is 72.8 Å². The normalized spacial score (nSPS) is 11.7. The molecular formula is C13H15FO5. The highest BCUT2D eigenvalue weighted by Crippen LogP contribution is 2.24. The van der Waals surface area contributed by atoms with Gasteiger partial charge in [-0.25, -0.2) is 4.39 Å². The molecule has 0 fully saturated rings. The summed E-state index contributed by atoms with van der Waals surface area (Å²) in [6, 6.07) is 3.88. The van der Waals surface area contributed by atoms with Gasteiger partial charge in [-0.15, -0.1) is 0 Å². The predicted molar refractivity (Wildman–Crippen MR) is 64.4 cm³/mol. The molecule has 1 unspecified atom stereocenters. The number of methoxy groups -OCH3 is 2. The second kappa shape index (κ2) is 6.72. The number of benzene rings is 1. The third kappa shape index (κ3) is 4.24. The first kappa shape index (κ1) is 14.9. The molecule has 19 heavy (non-hydrogen) atoms. The molecule has 6 heteroatoms. The van der Waals surface area contributed by atoms with E-state index in [1.165, 1.54) is 32.4 Å². The van der Waals surface area contributed by atoms with Crippen molar-refractivity contribution in [2.45, 2.75) is 12.8 Å². The highest BCUT2D eigenvalue weighted by Gasteiger charge is 2.24. The molecule has 0 spiro atoms. The molecule has 0 bridgehead atoms. The quantitative estimate of drug-likeness (QED) is 0.795. The van der Waals surface area contributed by atoms with E-state index >= 15 is 0 Å². The minimum atomic E-state index is -1.10. The van der Waals surface area contributed by atoms with Crippen LogP contribution in [0, 0.1) is 11.7 Å². The molecule has 0 aromatic heterocycles. The van der Waals surface area contributed by atoms with Crippen molar-refractivity contribution in [3.8, 4) is 5.75 Å². The molecule has 104 valence electrons. The summed E-state index contributed by atoms with van der Waals surface area (Å²) in [5.41, 5.74) is 0.556. The summed E-state index contributed by atoms with van der Waals surface area (Å²) < 4.78 is 22.6. The number of hydrogen-bond donors (Lipinski definition) is 1. The number of carbonyl (C=O) groups excluding carboxylic acids is 1.